The Bertz CT molecular complexity index is 404. The third kappa shape index (κ3) is 2.05. The van der Waals surface area contributed by atoms with E-state index in [0.29, 0.717) is 5.75 Å². The molecular formula is C10H10F2O4. The van der Waals surface area contributed by atoms with Crippen LogP contribution >= 0.6 is 0 Å². The van der Waals surface area contributed by atoms with E-state index in [0.717, 1.165) is 6.07 Å². The predicted octanol–water partition coefficient (Wildman–Crippen LogP) is 1.88. The number of benzene rings is 1. The van der Waals surface area contributed by atoms with Crippen molar-refractivity contribution >= 4 is 5.97 Å². The fourth-order valence-electron chi connectivity index (χ4n) is 1.17. The van der Waals surface area contributed by atoms with Gasteiger partial charge in [0.25, 0.3) is 0 Å². The number of alkyl halides is 2. The van der Waals surface area contributed by atoms with Crippen LogP contribution in [0.4, 0.5) is 8.78 Å². The maximum absolute atomic E-state index is 13.2. The van der Waals surface area contributed by atoms with Gasteiger partial charge in [0.05, 0.1) is 19.8 Å². The zero-order chi connectivity index (χ0) is 12.3. The lowest BCUT2D eigenvalue weighted by Crippen LogP contribution is -2.25. The molecule has 1 aromatic carbocycles. The molecule has 0 aliphatic carbocycles. The molecule has 0 heterocycles. The lowest BCUT2D eigenvalue weighted by atomic mass is 10.1. The van der Waals surface area contributed by atoms with Crippen molar-refractivity contribution in [3.8, 4) is 11.5 Å². The molecule has 0 spiro atoms. The fraction of sp³-hybridized carbons (Fsp3) is 0.300. The molecule has 0 unspecified atom stereocenters. The van der Waals surface area contributed by atoms with Gasteiger partial charge in [-0.05, 0) is 12.1 Å². The van der Waals surface area contributed by atoms with Crippen LogP contribution in [-0.4, -0.2) is 25.3 Å². The minimum atomic E-state index is -3.99. The quantitative estimate of drug-likeness (QED) is 0.861. The lowest BCUT2D eigenvalue weighted by Gasteiger charge is -2.15. The van der Waals surface area contributed by atoms with Crippen molar-refractivity contribution in [1.29, 1.82) is 0 Å². The average Bonchev–Trinajstić information content (AvgIpc) is 2.27. The van der Waals surface area contributed by atoms with Crippen LogP contribution in [0.25, 0.3) is 0 Å². The molecule has 1 rings (SSSR count). The minimum absolute atomic E-state index is 0.230. The Morgan fingerprint density at radius 1 is 1.31 bits per heavy atom. The Morgan fingerprint density at radius 3 is 2.38 bits per heavy atom. The summed E-state index contributed by atoms with van der Waals surface area (Å²) in [5.74, 6) is -6.14. The summed E-state index contributed by atoms with van der Waals surface area (Å²) in [7, 11) is 2.54. The van der Waals surface area contributed by atoms with Crippen LogP contribution < -0.4 is 9.47 Å². The molecule has 1 aromatic rings. The molecular weight excluding hydrogens is 222 g/mol. The van der Waals surface area contributed by atoms with Gasteiger partial charge in [0, 0.05) is 6.07 Å². The van der Waals surface area contributed by atoms with Gasteiger partial charge >= 0.3 is 11.9 Å². The van der Waals surface area contributed by atoms with Crippen molar-refractivity contribution in [2.45, 2.75) is 5.92 Å². The molecule has 0 aliphatic heterocycles. The van der Waals surface area contributed by atoms with E-state index in [4.69, 9.17) is 14.6 Å². The molecule has 16 heavy (non-hydrogen) atoms. The van der Waals surface area contributed by atoms with Gasteiger partial charge < -0.3 is 14.6 Å². The first kappa shape index (κ1) is 12.2. The largest absolute Gasteiger partial charge is 0.497 e. The first-order valence-corrected chi connectivity index (χ1v) is 4.27. The number of carbonyl (C=O) groups is 1. The summed E-state index contributed by atoms with van der Waals surface area (Å²) in [5, 5.41) is 8.40. The van der Waals surface area contributed by atoms with Crippen molar-refractivity contribution in [1.82, 2.24) is 0 Å². The third-order valence-corrected chi connectivity index (χ3v) is 2.02. The summed E-state index contributed by atoms with van der Waals surface area (Å²) in [6.07, 6.45) is 0. The maximum atomic E-state index is 13.2. The highest BCUT2D eigenvalue weighted by atomic mass is 19.3. The van der Waals surface area contributed by atoms with Gasteiger partial charge in [-0.2, -0.15) is 8.78 Å². The number of carboxylic acid groups (broad SMARTS) is 1. The molecule has 0 saturated carbocycles. The second kappa shape index (κ2) is 4.34. The first-order valence-electron chi connectivity index (χ1n) is 4.27. The van der Waals surface area contributed by atoms with Gasteiger partial charge in [0.1, 0.15) is 11.5 Å². The van der Waals surface area contributed by atoms with E-state index in [9.17, 15) is 13.6 Å². The van der Waals surface area contributed by atoms with Gasteiger partial charge in [-0.25, -0.2) is 4.79 Å². The molecule has 0 fully saturated rings. The van der Waals surface area contributed by atoms with Gasteiger partial charge in [-0.15, -0.1) is 0 Å². The van der Waals surface area contributed by atoms with Crippen LogP contribution in [0.3, 0.4) is 0 Å². The zero-order valence-electron chi connectivity index (χ0n) is 8.66. The highest BCUT2D eigenvalue weighted by Gasteiger charge is 2.43. The molecule has 0 amide bonds. The van der Waals surface area contributed by atoms with E-state index in [1.54, 1.807) is 0 Å². The SMILES string of the molecule is COc1ccc(C(F)(F)C(=O)O)c(OC)c1. The second-order valence-electron chi connectivity index (χ2n) is 2.95. The van der Waals surface area contributed by atoms with Crippen LogP contribution in [0.15, 0.2) is 18.2 Å². The molecule has 4 nitrogen and oxygen atoms in total. The van der Waals surface area contributed by atoms with Gasteiger partial charge in [-0.1, -0.05) is 0 Å². The third-order valence-electron chi connectivity index (χ3n) is 2.02. The van der Waals surface area contributed by atoms with Crippen LogP contribution in [0.2, 0.25) is 0 Å². The van der Waals surface area contributed by atoms with Crippen LogP contribution in [0.1, 0.15) is 5.56 Å². The maximum Gasteiger partial charge on any atom is 0.379 e. The van der Waals surface area contributed by atoms with Crippen molar-refractivity contribution in [3.63, 3.8) is 0 Å². The summed E-state index contributed by atoms with van der Waals surface area (Å²) in [6.45, 7) is 0. The molecule has 0 aliphatic rings. The molecule has 0 radical (unpaired) electrons. The molecule has 0 saturated heterocycles. The standard InChI is InChI=1S/C10H10F2O4/c1-15-6-3-4-7(8(5-6)16-2)10(11,12)9(13)14/h3-5H,1-2H3,(H,13,14). The van der Waals surface area contributed by atoms with Crippen LogP contribution in [0.5, 0.6) is 11.5 Å². The number of rotatable bonds is 4. The predicted molar refractivity (Wildman–Crippen MR) is 51.1 cm³/mol. The Hall–Kier alpha value is -1.85. The van der Waals surface area contributed by atoms with E-state index < -0.39 is 17.5 Å². The highest BCUT2D eigenvalue weighted by Crippen LogP contribution is 2.37. The summed E-state index contributed by atoms with van der Waals surface area (Å²) in [4.78, 5) is 10.4. The first-order chi connectivity index (χ1) is 7.43. The average molecular weight is 232 g/mol. The highest BCUT2D eigenvalue weighted by molar-refractivity contribution is 5.78. The van der Waals surface area contributed by atoms with Crippen molar-refractivity contribution in [2.24, 2.45) is 0 Å². The molecule has 88 valence electrons. The van der Waals surface area contributed by atoms with E-state index in [2.05, 4.69) is 0 Å². The molecule has 0 bridgehead atoms. The lowest BCUT2D eigenvalue weighted by molar-refractivity contribution is -0.166. The zero-order valence-corrected chi connectivity index (χ0v) is 8.66. The molecule has 0 aromatic heterocycles. The number of methoxy groups -OCH3 is 2. The Balaban J connectivity index is 3.28. The van der Waals surface area contributed by atoms with Gasteiger partial charge in [0.2, 0.25) is 0 Å². The summed E-state index contributed by atoms with van der Waals surface area (Å²) >= 11 is 0. The number of aliphatic carboxylic acids is 1. The molecule has 6 heteroatoms. The van der Waals surface area contributed by atoms with Crippen molar-refractivity contribution in [3.05, 3.63) is 23.8 Å². The number of carboxylic acids is 1. The summed E-state index contributed by atoms with van der Waals surface area (Å²) < 4.78 is 36.0. The second-order valence-corrected chi connectivity index (χ2v) is 2.95. The van der Waals surface area contributed by atoms with Crippen molar-refractivity contribution in [2.75, 3.05) is 14.2 Å². The number of ether oxygens (including phenoxy) is 2. The number of hydrogen-bond acceptors (Lipinski definition) is 3. The van der Waals surface area contributed by atoms with Gasteiger partial charge in [0.15, 0.2) is 0 Å². The topological polar surface area (TPSA) is 55.8 Å². The Labute approximate surface area is 90.4 Å². The van der Waals surface area contributed by atoms with Crippen LogP contribution in [-0.2, 0) is 10.7 Å². The Morgan fingerprint density at radius 2 is 1.94 bits per heavy atom. The number of hydrogen-bond donors (Lipinski definition) is 1. The fourth-order valence-corrected chi connectivity index (χ4v) is 1.17. The summed E-state index contributed by atoms with van der Waals surface area (Å²) in [5.41, 5.74) is -0.705. The van der Waals surface area contributed by atoms with Crippen molar-refractivity contribution < 1.29 is 28.2 Å². The van der Waals surface area contributed by atoms with Gasteiger partial charge in [-0.3, -0.25) is 0 Å². The van der Waals surface area contributed by atoms with E-state index in [-0.39, 0.29) is 5.75 Å². The van der Waals surface area contributed by atoms with Crippen LogP contribution in [0, 0.1) is 0 Å². The monoisotopic (exact) mass is 232 g/mol. The van der Waals surface area contributed by atoms with E-state index >= 15 is 0 Å². The minimum Gasteiger partial charge on any atom is -0.497 e. The molecule has 0 atom stereocenters. The normalized spacial score (nSPS) is 11.0. The number of halogens is 2. The summed E-state index contributed by atoms with van der Waals surface area (Å²) in [6, 6.07) is 3.41. The van der Waals surface area contributed by atoms with E-state index in [1.165, 1.54) is 26.4 Å². The molecule has 1 N–H and O–H groups in total. The Kier molecular flexibility index (Phi) is 3.31. The smallest absolute Gasteiger partial charge is 0.379 e. The van der Waals surface area contributed by atoms with E-state index in [1.807, 2.05) is 0 Å².